The maximum absolute atomic E-state index is 12.0. The van der Waals surface area contributed by atoms with Crippen molar-refractivity contribution in [3.05, 3.63) is 55.0 Å². The lowest BCUT2D eigenvalue weighted by Crippen LogP contribution is -2.45. The molecular formula is C32H38N4O4. The zero-order valence-electron chi connectivity index (χ0n) is 23.7. The van der Waals surface area contributed by atoms with Gasteiger partial charge in [-0.05, 0) is 70.2 Å². The SMILES string of the molecule is Cn1c2ccncc2c2ccc(-c3ccc(OC4CC(OC5CCC(NC(=O)OC(C)(C)C)CC5)C4)nc3)cc21. The summed E-state index contributed by atoms with van der Waals surface area (Å²) in [4.78, 5) is 20.9. The summed E-state index contributed by atoms with van der Waals surface area (Å²) in [6.45, 7) is 5.64. The van der Waals surface area contributed by atoms with Crippen LogP contribution in [0.15, 0.2) is 55.0 Å². The maximum Gasteiger partial charge on any atom is 0.407 e. The number of nitrogens with zero attached hydrogens (tertiary/aromatic N) is 3. The van der Waals surface area contributed by atoms with Gasteiger partial charge in [-0.3, -0.25) is 4.98 Å². The van der Waals surface area contributed by atoms with E-state index in [9.17, 15) is 4.79 Å². The normalized spacial score (nSPS) is 23.1. The van der Waals surface area contributed by atoms with E-state index in [1.54, 1.807) is 0 Å². The van der Waals surface area contributed by atoms with Crippen LogP contribution in [0.25, 0.3) is 32.9 Å². The van der Waals surface area contributed by atoms with E-state index in [1.807, 2.05) is 45.4 Å². The number of hydrogen-bond acceptors (Lipinski definition) is 6. The number of aromatic nitrogens is 3. The average molecular weight is 543 g/mol. The fourth-order valence-electron chi connectivity index (χ4n) is 5.84. The van der Waals surface area contributed by atoms with Crippen LogP contribution in [0.5, 0.6) is 5.88 Å². The molecule has 0 unspecified atom stereocenters. The molecule has 2 fully saturated rings. The molecule has 2 saturated carbocycles. The minimum Gasteiger partial charge on any atom is -0.474 e. The number of pyridine rings is 2. The predicted molar refractivity (Wildman–Crippen MR) is 155 cm³/mol. The van der Waals surface area contributed by atoms with Crippen LogP contribution in [0.3, 0.4) is 0 Å². The van der Waals surface area contributed by atoms with Crippen LogP contribution in [-0.4, -0.2) is 50.6 Å². The summed E-state index contributed by atoms with van der Waals surface area (Å²) < 4.78 is 20.0. The Kier molecular flexibility index (Phi) is 7.13. The third-order valence-corrected chi connectivity index (χ3v) is 8.00. The number of aryl methyl sites for hydroxylation is 1. The van der Waals surface area contributed by atoms with Crippen LogP contribution in [0.1, 0.15) is 59.3 Å². The third kappa shape index (κ3) is 5.77. The molecule has 3 heterocycles. The Morgan fingerprint density at radius 2 is 1.68 bits per heavy atom. The number of hydrogen-bond donors (Lipinski definition) is 1. The summed E-state index contributed by atoms with van der Waals surface area (Å²) in [5.41, 5.74) is 4.06. The highest BCUT2D eigenvalue weighted by atomic mass is 16.6. The van der Waals surface area contributed by atoms with E-state index in [0.717, 1.165) is 49.7 Å². The van der Waals surface area contributed by atoms with Gasteiger partial charge in [0.05, 0.1) is 17.7 Å². The summed E-state index contributed by atoms with van der Waals surface area (Å²) in [5.74, 6) is 0.651. The van der Waals surface area contributed by atoms with Crippen molar-refractivity contribution in [3.63, 3.8) is 0 Å². The zero-order chi connectivity index (χ0) is 27.9. The predicted octanol–water partition coefficient (Wildman–Crippen LogP) is 6.55. The van der Waals surface area contributed by atoms with E-state index in [1.165, 1.54) is 21.8 Å². The Bertz CT molecular complexity index is 1490. The highest BCUT2D eigenvalue weighted by Gasteiger charge is 2.35. The molecule has 40 heavy (non-hydrogen) atoms. The number of ether oxygens (including phenoxy) is 3. The summed E-state index contributed by atoms with van der Waals surface area (Å²) in [7, 11) is 2.09. The number of fused-ring (bicyclic) bond motifs is 3. The third-order valence-electron chi connectivity index (χ3n) is 8.00. The Hall–Kier alpha value is -3.65. The fourth-order valence-corrected chi connectivity index (χ4v) is 5.84. The van der Waals surface area contributed by atoms with E-state index in [-0.39, 0.29) is 30.4 Å². The van der Waals surface area contributed by atoms with Crippen molar-refractivity contribution in [3.8, 4) is 17.0 Å². The zero-order valence-corrected chi connectivity index (χ0v) is 23.7. The molecule has 0 spiro atoms. The van der Waals surface area contributed by atoms with Crippen LogP contribution in [0.2, 0.25) is 0 Å². The molecule has 4 aromatic rings. The van der Waals surface area contributed by atoms with Gasteiger partial charge in [0.1, 0.15) is 11.7 Å². The van der Waals surface area contributed by atoms with Crippen LogP contribution in [0.4, 0.5) is 4.79 Å². The molecule has 210 valence electrons. The van der Waals surface area contributed by atoms with Gasteiger partial charge in [-0.2, -0.15) is 0 Å². The van der Waals surface area contributed by atoms with Crippen LogP contribution in [-0.2, 0) is 16.5 Å². The Morgan fingerprint density at radius 3 is 2.40 bits per heavy atom. The van der Waals surface area contributed by atoms with Crippen molar-refractivity contribution in [2.24, 2.45) is 7.05 Å². The molecule has 8 heteroatoms. The molecule has 0 saturated heterocycles. The van der Waals surface area contributed by atoms with Crippen molar-refractivity contribution >= 4 is 27.9 Å². The Morgan fingerprint density at radius 1 is 0.900 bits per heavy atom. The minimum atomic E-state index is -0.476. The van der Waals surface area contributed by atoms with E-state index in [2.05, 4.69) is 57.2 Å². The van der Waals surface area contributed by atoms with Gasteiger partial charge < -0.3 is 24.1 Å². The van der Waals surface area contributed by atoms with Gasteiger partial charge >= 0.3 is 6.09 Å². The summed E-state index contributed by atoms with van der Waals surface area (Å²) >= 11 is 0. The monoisotopic (exact) mass is 542 g/mol. The summed E-state index contributed by atoms with van der Waals surface area (Å²) in [6.07, 6.45) is 11.4. The van der Waals surface area contributed by atoms with E-state index in [4.69, 9.17) is 14.2 Å². The molecule has 3 aromatic heterocycles. The molecule has 1 aromatic carbocycles. The van der Waals surface area contributed by atoms with E-state index >= 15 is 0 Å². The largest absolute Gasteiger partial charge is 0.474 e. The lowest BCUT2D eigenvalue weighted by molar-refractivity contribution is -0.107. The fraction of sp³-hybridized carbons (Fsp3) is 0.469. The average Bonchev–Trinajstić information content (AvgIpc) is 3.19. The molecule has 1 amide bonds. The van der Waals surface area contributed by atoms with Crippen molar-refractivity contribution in [1.82, 2.24) is 19.9 Å². The van der Waals surface area contributed by atoms with Gasteiger partial charge in [-0.15, -0.1) is 0 Å². The second-order valence-corrected chi connectivity index (χ2v) is 12.2. The second kappa shape index (κ2) is 10.7. The first kappa shape index (κ1) is 26.6. The topological polar surface area (TPSA) is 87.5 Å². The number of alkyl carbamates (subject to hydrolysis) is 1. The van der Waals surface area contributed by atoms with Crippen LogP contribution in [0, 0.1) is 0 Å². The van der Waals surface area contributed by atoms with Crippen molar-refractivity contribution < 1.29 is 19.0 Å². The number of nitrogens with one attached hydrogen (secondary N) is 1. The number of benzene rings is 1. The minimum absolute atomic E-state index is 0.134. The van der Waals surface area contributed by atoms with Gasteiger partial charge in [0, 0.05) is 72.4 Å². The number of carbonyl (C=O) groups excluding carboxylic acids is 1. The molecule has 8 nitrogen and oxygen atoms in total. The van der Waals surface area contributed by atoms with Crippen LogP contribution >= 0.6 is 0 Å². The molecule has 0 aliphatic heterocycles. The lowest BCUT2D eigenvalue weighted by Gasteiger charge is -2.39. The molecule has 1 N–H and O–H groups in total. The number of amides is 1. The van der Waals surface area contributed by atoms with E-state index < -0.39 is 5.60 Å². The van der Waals surface area contributed by atoms with Crippen LogP contribution < -0.4 is 10.1 Å². The van der Waals surface area contributed by atoms with Gasteiger partial charge in [-0.25, -0.2) is 9.78 Å². The van der Waals surface area contributed by atoms with Crippen molar-refractivity contribution in [2.75, 3.05) is 0 Å². The second-order valence-electron chi connectivity index (χ2n) is 12.2. The quantitative estimate of drug-likeness (QED) is 0.297. The first-order valence-electron chi connectivity index (χ1n) is 14.3. The molecule has 0 bridgehead atoms. The number of carbonyl (C=O) groups is 1. The van der Waals surface area contributed by atoms with Gasteiger partial charge in [0.25, 0.3) is 0 Å². The maximum atomic E-state index is 12.0. The number of rotatable bonds is 6. The van der Waals surface area contributed by atoms with Gasteiger partial charge in [-0.1, -0.05) is 12.1 Å². The molecule has 6 rings (SSSR count). The Balaban J connectivity index is 0.967. The van der Waals surface area contributed by atoms with Gasteiger partial charge in [0.2, 0.25) is 5.88 Å². The van der Waals surface area contributed by atoms with Crippen molar-refractivity contribution in [2.45, 2.75) is 89.3 Å². The highest BCUT2D eigenvalue weighted by molar-refractivity contribution is 6.08. The summed E-state index contributed by atoms with van der Waals surface area (Å²) in [5, 5.41) is 5.36. The van der Waals surface area contributed by atoms with Crippen molar-refractivity contribution in [1.29, 1.82) is 0 Å². The first-order valence-corrected chi connectivity index (χ1v) is 14.3. The first-order chi connectivity index (χ1) is 19.2. The highest BCUT2D eigenvalue weighted by Crippen LogP contribution is 2.34. The van der Waals surface area contributed by atoms with Gasteiger partial charge in [0.15, 0.2) is 0 Å². The molecule has 0 atom stereocenters. The molecule has 2 aliphatic carbocycles. The smallest absolute Gasteiger partial charge is 0.407 e. The lowest BCUT2D eigenvalue weighted by atomic mass is 9.89. The van der Waals surface area contributed by atoms with E-state index in [0.29, 0.717) is 5.88 Å². The molecule has 0 radical (unpaired) electrons. The molecular weight excluding hydrogens is 504 g/mol. The Labute approximate surface area is 235 Å². The molecule has 2 aliphatic rings. The summed E-state index contributed by atoms with van der Waals surface area (Å²) in [6, 6.07) is 12.8. The standard InChI is InChI=1S/C32H38N4O4/c1-32(2,3)40-31(37)35-22-7-9-23(10-8-22)38-24-16-25(17-24)39-30-12-6-21(18-34-30)20-5-11-26-27-19-33-14-13-28(27)36(4)29(26)15-20/h5-6,11-15,18-19,22-25H,7-10,16-17H2,1-4H3,(H,35,37).